The Balaban J connectivity index is 3.06. The van der Waals surface area contributed by atoms with Crippen LogP contribution in [0.3, 0.4) is 0 Å². The normalized spacial score (nSPS) is 11.6. The summed E-state index contributed by atoms with van der Waals surface area (Å²) in [7, 11) is 0. The van der Waals surface area contributed by atoms with Gasteiger partial charge >= 0.3 is 0 Å². The second-order valence-electron chi connectivity index (χ2n) is 2.68. The Morgan fingerprint density at radius 2 is 2.18 bits per heavy atom. The van der Waals surface area contributed by atoms with Gasteiger partial charge in [0.2, 0.25) is 5.28 Å². The number of aromatic nitrogens is 2. The number of rotatable bonds is 1. The van der Waals surface area contributed by atoms with Crippen LogP contribution in [0, 0.1) is 0 Å². The van der Waals surface area contributed by atoms with E-state index in [1.807, 2.05) is 0 Å². The molecule has 1 aromatic heterocycles. The lowest BCUT2D eigenvalue weighted by atomic mass is 10.1. The highest BCUT2D eigenvalue weighted by Crippen LogP contribution is 2.22. The van der Waals surface area contributed by atoms with Gasteiger partial charge in [-0.1, -0.05) is 0 Å². The van der Waals surface area contributed by atoms with Crippen molar-refractivity contribution in [2.24, 2.45) is 0 Å². The van der Waals surface area contributed by atoms with Crippen molar-refractivity contribution in [3.8, 4) is 0 Å². The maximum Gasteiger partial charge on any atom is 0.222 e. The summed E-state index contributed by atoms with van der Waals surface area (Å²) in [5.41, 5.74) is -1.15. The summed E-state index contributed by atoms with van der Waals surface area (Å²) in [5.74, 6) is 0. The van der Waals surface area contributed by atoms with Gasteiger partial charge in [0.25, 0.3) is 0 Å². The molecule has 4 heteroatoms. The first kappa shape index (κ1) is 8.40. The Labute approximate surface area is 69.4 Å². The molecule has 11 heavy (non-hydrogen) atoms. The molecule has 1 rings (SSSR count). The fourth-order valence-corrected chi connectivity index (χ4v) is 0.813. The van der Waals surface area contributed by atoms with E-state index in [-0.39, 0.29) is 5.28 Å². The SMILES string of the molecule is CC(C)(F)c1ccnc(Cl)n1. The van der Waals surface area contributed by atoms with Crippen molar-refractivity contribution in [1.29, 1.82) is 0 Å². The topological polar surface area (TPSA) is 25.8 Å². The second-order valence-corrected chi connectivity index (χ2v) is 3.02. The Morgan fingerprint density at radius 3 is 2.55 bits per heavy atom. The van der Waals surface area contributed by atoms with E-state index in [0.717, 1.165) is 0 Å². The second kappa shape index (κ2) is 2.74. The third-order valence-electron chi connectivity index (χ3n) is 1.24. The van der Waals surface area contributed by atoms with Crippen molar-refractivity contribution in [2.75, 3.05) is 0 Å². The summed E-state index contributed by atoms with van der Waals surface area (Å²) in [5, 5.41) is 0.0771. The zero-order valence-corrected chi connectivity index (χ0v) is 7.06. The fraction of sp³-hybridized carbons (Fsp3) is 0.429. The van der Waals surface area contributed by atoms with Gasteiger partial charge in [-0.05, 0) is 31.5 Å². The molecule has 0 amide bonds. The largest absolute Gasteiger partial charge is 0.238 e. The molecule has 0 fully saturated rings. The number of halogens is 2. The van der Waals surface area contributed by atoms with Crippen LogP contribution in [-0.4, -0.2) is 9.97 Å². The summed E-state index contributed by atoms with van der Waals surface area (Å²) in [6.07, 6.45) is 1.44. The van der Waals surface area contributed by atoms with E-state index in [9.17, 15) is 4.39 Å². The van der Waals surface area contributed by atoms with Crippen LogP contribution in [0.15, 0.2) is 12.3 Å². The first-order valence-corrected chi connectivity index (χ1v) is 3.56. The molecule has 0 spiro atoms. The minimum atomic E-state index is -1.45. The summed E-state index contributed by atoms with van der Waals surface area (Å²) in [4.78, 5) is 7.36. The Bertz CT molecular complexity index is 257. The zero-order valence-electron chi connectivity index (χ0n) is 6.31. The molecule has 0 unspecified atom stereocenters. The molecule has 0 saturated heterocycles. The standard InChI is InChI=1S/C7H8ClFN2/c1-7(2,9)5-3-4-10-6(8)11-5/h3-4H,1-2H3. The third kappa shape index (κ3) is 2.12. The highest BCUT2D eigenvalue weighted by molar-refractivity contribution is 6.28. The highest BCUT2D eigenvalue weighted by Gasteiger charge is 2.20. The van der Waals surface area contributed by atoms with Gasteiger partial charge in [-0.2, -0.15) is 0 Å². The van der Waals surface area contributed by atoms with Crippen LogP contribution >= 0.6 is 11.6 Å². The van der Waals surface area contributed by atoms with Crippen molar-refractivity contribution in [2.45, 2.75) is 19.5 Å². The van der Waals surface area contributed by atoms with Gasteiger partial charge in [0.05, 0.1) is 5.69 Å². The molecule has 60 valence electrons. The van der Waals surface area contributed by atoms with Crippen molar-refractivity contribution < 1.29 is 4.39 Å². The van der Waals surface area contributed by atoms with Crippen molar-refractivity contribution in [3.63, 3.8) is 0 Å². The molecule has 0 bridgehead atoms. The van der Waals surface area contributed by atoms with Crippen LogP contribution in [0.2, 0.25) is 5.28 Å². The van der Waals surface area contributed by atoms with Crippen LogP contribution in [0.1, 0.15) is 19.5 Å². The predicted molar refractivity (Wildman–Crippen MR) is 41.2 cm³/mol. The molecule has 0 aliphatic heterocycles. The van der Waals surface area contributed by atoms with Crippen LogP contribution in [0.4, 0.5) is 4.39 Å². The molecule has 1 heterocycles. The summed E-state index contributed by atoms with van der Waals surface area (Å²) >= 11 is 5.46. The molecule has 0 aliphatic carbocycles. The van der Waals surface area contributed by atoms with Gasteiger partial charge < -0.3 is 0 Å². The van der Waals surface area contributed by atoms with E-state index >= 15 is 0 Å². The monoisotopic (exact) mass is 174 g/mol. The van der Waals surface area contributed by atoms with Gasteiger partial charge in [0, 0.05) is 6.20 Å². The highest BCUT2D eigenvalue weighted by atomic mass is 35.5. The van der Waals surface area contributed by atoms with Gasteiger partial charge in [0.1, 0.15) is 5.67 Å². The van der Waals surface area contributed by atoms with Crippen molar-refractivity contribution in [3.05, 3.63) is 23.2 Å². The van der Waals surface area contributed by atoms with Crippen LogP contribution < -0.4 is 0 Å². The lowest BCUT2D eigenvalue weighted by molar-refractivity contribution is 0.214. The molecule has 0 N–H and O–H groups in total. The Hall–Kier alpha value is -0.700. The number of alkyl halides is 1. The maximum absolute atomic E-state index is 13.2. The molecule has 2 nitrogen and oxygen atoms in total. The third-order valence-corrected chi connectivity index (χ3v) is 1.42. The quantitative estimate of drug-likeness (QED) is 0.611. The molecule has 0 aromatic carbocycles. The van der Waals surface area contributed by atoms with E-state index in [2.05, 4.69) is 9.97 Å². The predicted octanol–water partition coefficient (Wildman–Crippen LogP) is 2.33. The minimum absolute atomic E-state index is 0.0771. The molecular formula is C7H8ClFN2. The van der Waals surface area contributed by atoms with Crippen molar-refractivity contribution >= 4 is 11.6 Å². The van der Waals surface area contributed by atoms with Gasteiger partial charge in [-0.3, -0.25) is 0 Å². The molecule has 1 aromatic rings. The van der Waals surface area contributed by atoms with E-state index in [1.54, 1.807) is 0 Å². The van der Waals surface area contributed by atoms with Crippen LogP contribution in [-0.2, 0) is 5.67 Å². The van der Waals surface area contributed by atoms with Crippen molar-refractivity contribution in [1.82, 2.24) is 9.97 Å². The number of hydrogen-bond acceptors (Lipinski definition) is 2. The average Bonchev–Trinajstić information content (AvgIpc) is 1.86. The van der Waals surface area contributed by atoms with E-state index < -0.39 is 5.67 Å². The maximum atomic E-state index is 13.2. The average molecular weight is 175 g/mol. The Kier molecular flexibility index (Phi) is 2.09. The van der Waals surface area contributed by atoms with E-state index in [1.165, 1.54) is 26.1 Å². The zero-order chi connectivity index (χ0) is 8.48. The summed E-state index contributed by atoms with van der Waals surface area (Å²) < 4.78 is 13.2. The first-order valence-electron chi connectivity index (χ1n) is 3.18. The van der Waals surface area contributed by atoms with Gasteiger partial charge in [-0.15, -0.1) is 0 Å². The van der Waals surface area contributed by atoms with Gasteiger partial charge in [-0.25, -0.2) is 14.4 Å². The van der Waals surface area contributed by atoms with Gasteiger partial charge in [0.15, 0.2) is 0 Å². The lowest BCUT2D eigenvalue weighted by Crippen LogP contribution is -2.11. The van der Waals surface area contributed by atoms with Crippen LogP contribution in [0.25, 0.3) is 0 Å². The molecule has 0 aliphatic rings. The van der Waals surface area contributed by atoms with E-state index in [0.29, 0.717) is 5.69 Å². The number of nitrogens with zero attached hydrogens (tertiary/aromatic N) is 2. The van der Waals surface area contributed by atoms with Crippen LogP contribution in [0.5, 0.6) is 0 Å². The fourth-order valence-electron chi connectivity index (χ4n) is 0.666. The van der Waals surface area contributed by atoms with E-state index in [4.69, 9.17) is 11.6 Å². The molecular weight excluding hydrogens is 167 g/mol. The number of hydrogen-bond donors (Lipinski definition) is 0. The summed E-state index contributed by atoms with van der Waals surface area (Å²) in [6.45, 7) is 2.84. The molecule has 0 radical (unpaired) electrons. The lowest BCUT2D eigenvalue weighted by Gasteiger charge is -2.12. The first-order chi connectivity index (χ1) is 5.00. The minimum Gasteiger partial charge on any atom is -0.238 e. The summed E-state index contributed by atoms with van der Waals surface area (Å²) in [6, 6.07) is 1.51. The molecule has 0 saturated carbocycles. The Morgan fingerprint density at radius 1 is 1.55 bits per heavy atom. The molecule has 0 atom stereocenters. The smallest absolute Gasteiger partial charge is 0.222 e.